The van der Waals surface area contributed by atoms with Crippen LogP contribution in [0.2, 0.25) is 4.34 Å². The first-order chi connectivity index (χ1) is 7.28. The Morgan fingerprint density at radius 1 is 1.73 bits per heavy atom. The van der Waals surface area contributed by atoms with E-state index in [0.29, 0.717) is 6.54 Å². The molecule has 1 aromatic heterocycles. The third kappa shape index (κ3) is 3.12. The van der Waals surface area contributed by atoms with Crippen LogP contribution in [0.3, 0.4) is 0 Å². The van der Waals surface area contributed by atoms with E-state index < -0.39 is 0 Å². The molecule has 1 aliphatic rings. The lowest BCUT2D eigenvalue weighted by Crippen LogP contribution is -2.45. The fraction of sp³-hybridized carbons (Fsp3) is 0.667. The van der Waals surface area contributed by atoms with Crippen LogP contribution >= 0.6 is 22.9 Å². The van der Waals surface area contributed by atoms with Crippen molar-refractivity contribution in [1.29, 1.82) is 0 Å². The van der Waals surface area contributed by atoms with E-state index in [4.69, 9.17) is 22.1 Å². The maximum Gasteiger partial charge on any atom is 0.113 e. The van der Waals surface area contributed by atoms with E-state index in [9.17, 15) is 0 Å². The van der Waals surface area contributed by atoms with Gasteiger partial charge >= 0.3 is 0 Å². The normalized spacial score (nSPS) is 23.2. The summed E-state index contributed by atoms with van der Waals surface area (Å²) in [6.45, 7) is 3.99. The third-order valence-corrected chi connectivity index (χ3v) is 3.47. The van der Waals surface area contributed by atoms with E-state index in [1.54, 1.807) is 6.20 Å². The molecule has 1 saturated heterocycles. The van der Waals surface area contributed by atoms with Crippen molar-refractivity contribution in [2.45, 2.75) is 12.6 Å². The summed E-state index contributed by atoms with van der Waals surface area (Å²) in [5.74, 6) is 0. The van der Waals surface area contributed by atoms with Gasteiger partial charge in [-0.1, -0.05) is 11.6 Å². The minimum absolute atomic E-state index is 0.161. The molecule has 2 N–H and O–H groups in total. The molecule has 1 aliphatic heterocycles. The van der Waals surface area contributed by atoms with Crippen LogP contribution in [0.1, 0.15) is 5.01 Å². The van der Waals surface area contributed by atoms with Crippen LogP contribution in [0.15, 0.2) is 6.20 Å². The predicted molar refractivity (Wildman–Crippen MR) is 61.2 cm³/mol. The highest BCUT2D eigenvalue weighted by molar-refractivity contribution is 7.15. The van der Waals surface area contributed by atoms with Crippen molar-refractivity contribution in [1.82, 2.24) is 9.88 Å². The molecule has 4 nitrogen and oxygen atoms in total. The molecule has 0 spiro atoms. The van der Waals surface area contributed by atoms with Gasteiger partial charge in [-0.3, -0.25) is 4.90 Å². The topological polar surface area (TPSA) is 51.4 Å². The van der Waals surface area contributed by atoms with Crippen molar-refractivity contribution in [3.05, 3.63) is 15.5 Å². The van der Waals surface area contributed by atoms with Crippen LogP contribution in [-0.4, -0.2) is 42.2 Å². The zero-order valence-corrected chi connectivity index (χ0v) is 9.93. The van der Waals surface area contributed by atoms with Crippen LogP contribution in [-0.2, 0) is 11.3 Å². The number of ether oxygens (including phenoxy) is 1. The predicted octanol–water partition coefficient (Wildman–Crippen LogP) is 0.956. The number of aromatic nitrogens is 1. The Hall–Kier alpha value is -0.200. The summed E-state index contributed by atoms with van der Waals surface area (Å²) in [6, 6.07) is 0. The van der Waals surface area contributed by atoms with Gasteiger partial charge < -0.3 is 10.5 Å². The van der Waals surface area contributed by atoms with E-state index in [1.807, 2.05) is 0 Å². The molecule has 0 saturated carbocycles. The van der Waals surface area contributed by atoms with E-state index in [1.165, 1.54) is 11.3 Å². The minimum Gasteiger partial charge on any atom is -0.374 e. The second kappa shape index (κ2) is 5.23. The number of hydrogen-bond acceptors (Lipinski definition) is 5. The average molecular weight is 248 g/mol. The smallest absolute Gasteiger partial charge is 0.113 e. The Labute approximate surface area is 98.0 Å². The second-order valence-corrected chi connectivity index (χ2v) is 5.27. The van der Waals surface area contributed by atoms with E-state index in [-0.39, 0.29) is 6.10 Å². The van der Waals surface area contributed by atoms with Gasteiger partial charge in [-0.15, -0.1) is 11.3 Å². The van der Waals surface area contributed by atoms with Gasteiger partial charge in [0, 0.05) is 19.6 Å². The van der Waals surface area contributed by atoms with Crippen molar-refractivity contribution in [3.63, 3.8) is 0 Å². The Balaban J connectivity index is 1.88. The molecule has 84 valence electrons. The Kier molecular flexibility index (Phi) is 3.93. The standard InChI is InChI=1S/C9H14ClN3OS/c10-8-4-12-9(15-8)6-13-1-2-14-7(3-11)5-13/h4,7H,1-3,5-6,11H2. The quantitative estimate of drug-likeness (QED) is 0.865. The van der Waals surface area contributed by atoms with Gasteiger partial charge in [0.05, 0.1) is 25.5 Å². The first kappa shape index (κ1) is 11.3. The first-order valence-corrected chi connectivity index (χ1v) is 6.11. The molecule has 0 radical (unpaired) electrons. The summed E-state index contributed by atoms with van der Waals surface area (Å²) in [5.41, 5.74) is 5.58. The lowest BCUT2D eigenvalue weighted by Gasteiger charge is -2.31. The van der Waals surface area contributed by atoms with E-state index in [2.05, 4.69) is 9.88 Å². The lowest BCUT2D eigenvalue weighted by molar-refractivity contribution is -0.0260. The summed E-state index contributed by atoms with van der Waals surface area (Å²) in [4.78, 5) is 6.54. The Bertz CT molecular complexity index is 320. The van der Waals surface area contributed by atoms with Crippen LogP contribution in [0.4, 0.5) is 0 Å². The average Bonchev–Trinajstić information content (AvgIpc) is 2.64. The number of thiazole rings is 1. The highest BCUT2D eigenvalue weighted by Gasteiger charge is 2.19. The molecule has 15 heavy (non-hydrogen) atoms. The molecule has 6 heteroatoms. The summed E-state index contributed by atoms with van der Waals surface area (Å²) < 4.78 is 6.23. The fourth-order valence-corrected chi connectivity index (χ4v) is 2.62. The highest BCUT2D eigenvalue weighted by atomic mass is 35.5. The van der Waals surface area contributed by atoms with Gasteiger partial charge in [0.2, 0.25) is 0 Å². The number of morpholine rings is 1. The van der Waals surface area contributed by atoms with Gasteiger partial charge in [-0.2, -0.15) is 0 Å². The summed E-state index contributed by atoms with van der Waals surface area (Å²) in [5, 5.41) is 1.05. The molecule has 1 unspecified atom stereocenters. The van der Waals surface area contributed by atoms with Crippen LogP contribution in [0.25, 0.3) is 0 Å². The largest absolute Gasteiger partial charge is 0.374 e. The van der Waals surface area contributed by atoms with Crippen molar-refractivity contribution < 1.29 is 4.74 Å². The zero-order chi connectivity index (χ0) is 10.7. The third-order valence-electron chi connectivity index (χ3n) is 2.37. The summed E-state index contributed by atoms with van der Waals surface area (Å²) in [6.07, 6.45) is 1.86. The van der Waals surface area contributed by atoms with Crippen LogP contribution in [0.5, 0.6) is 0 Å². The monoisotopic (exact) mass is 247 g/mol. The minimum atomic E-state index is 0.161. The van der Waals surface area contributed by atoms with Crippen molar-refractivity contribution in [2.75, 3.05) is 26.2 Å². The molecule has 1 fully saturated rings. The van der Waals surface area contributed by atoms with Gasteiger partial charge in [-0.25, -0.2) is 4.98 Å². The molecule has 2 rings (SSSR count). The molecule has 0 aliphatic carbocycles. The number of nitrogens with zero attached hydrogens (tertiary/aromatic N) is 2. The maximum absolute atomic E-state index is 5.83. The molecule has 2 heterocycles. The van der Waals surface area contributed by atoms with E-state index >= 15 is 0 Å². The summed E-state index contributed by atoms with van der Waals surface area (Å²) >= 11 is 7.36. The van der Waals surface area contributed by atoms with Crippen molar-refractivity contribution in [3.8, 4) is 0 Å². The number of halogens is 1. The lowest BCUT2D eigenvalue weighted by atomic mass is 10.3. The van der Waals surface area contributed by atoms with Gasteiger partial charge in [0.25, 0.3) is 0 Å². The molecular formula is C9H14ClN3OS. The zero-order valence-electron chi connectivity index (χ0n) is 8.36. The first-order valence-electron chi connectivity index (χ1n) is 4.92. The van der Waals surface area contributed by atoms with E-state index in [0.717, 1.165) is 35.6 Å². The fourth-order valence-electron chi connectivity index (χ4n) is 1.62. The van der Waals surface area contributed by atoms with Crippen LogP contribution < -0.4 is 5.73 Å². The SMILES string of the molecule is NCC1CN(Cc2ncc(Cl)s2)CCO1. The number of nitrogens with two attached hydrogens (primary N) is 1. The van der Waals surface area contributed by atoms with Gasteiger partial charge in [0.1, 0.15) is 9.34 Å². The Morgan fingerprint density at radius 3 is 3.27 bits per heavy atom. The molecule has 0 aromatic carbocycles. The molecule has 0 bridgehead atoms. The second-order valence-electron chi connectivity index (χ2n) is 3.52. The maximum atomic E-state index is 5.83. The molecule has 1 aromatic rings. The molecular weight excluding hydrogens is 234 g/mol. The van der Waals surface area contributed by atoms with Crippen LogP contribution in [0, 0.1) is 0 Å². The van der Waals surface area contributed by atoms with Crippen molar-refractivity contribution >= 4 is 22.9 Å². The number of hydrogen-bond donors (Lipinski definition) is 1. The highest BCUT2D eigenvalue weighted by Crippen LogP contribution is 2.20. The Morgan fingerprint density at radius 2 is 2.60 bits per heavy atom. The summed E-state index contributed by atoms with van der Waals surface area (Å²) in [7, 11) is 0. The molecule has 0 amide bonds. The number of rotatable bonds is 3. The molecule has 1 atom stereocenters. The van der Waals surface area contributed by atoms with Gasteiger partial charge in [-0.05, 0) is 0 Å². The van der Waals surface area contributed by atoms with Gasteiger partial charge in [0.15, 0.2) is 0 Å². The van der Waals surface area contributed by atoms with Crippen molar-refractivity contribution in [2.24, 2.45) is 5.73 Å².